The number of Topliss-reactive ketones (excluding diaryl/α,β-unsaturated/α-hetero) is 1. The lowest BCUT2D eigenvalue weighted by Crippen LogP contribution is -2.17. The predicted octanol–water partition coefficient (Wildman–Crippen LogP) is 4.00. The lowest BCUT2D eigenvalue weighted by Gasteiger charge is -2.18. The van der Waals surface area contributed by atoms with Crippen molar-refractivity contribution in [1.29, 1.82) is 0 Å². The molecule has 0 saturated carbocycles. The number of carbonyl (C=O) groups excluding carboxylic acids is 2. The standard InChI is InChI=1S/C18H27NO2/c1-12(2)9-15-7-6-8-17(16(15)10-13(3)4)19-18(21)11-14(5)20/h6-8,12-13H,9-11H2,1-5H3,(H,19,21). The Labute approximate surface area is 128 Å². The maximum atomic E-state index is 11.9. The molecule has 0 atom stereocenters. The van der Waals surface area contributed by atoms with E-state index in [1.54, 1.807) is 0 Å². The number of ketones is 1. The van der Waals surface area contributed by atoms with Crippen molar-refractivity contribution in [2.45, 2.75) is 53.9 Å². The van der Waals surface area contributed by atoms with Gasteiger partial charge in [-0.1, -0.05) is 39.8 Å². The smallest absolute Gasteiger partial charge is 0.231 e. The summed E-state index contributed by atoms with van der Waals surface area (Å²) >= 11 is 0. The van der Waals surface area contributed by atoms with Gasteiger partial charge in [0, 0.05) is 5.69 Å². The van der Waals surface area contributed by atoms with Crippen LogP contribution in [0.3, 0.4) is 0 Å². The summed E-state index contributed by atoms with van der Waals surface area (Å²) in [6.07, 6.45) is 1.87. The molecule has 1 rings (SSSR count). The Bertz CT molecular complexity index is 504. The molecular formula is C18H27NO2. The fourth-order valence-electron chi connectivity index (χ4n) is 2.45. The van der Waals surface area contributed by atoms with E-state index in [0.717, 1.165) is 18.5 Å². The van der Waals surface area contributed by atoms with Crippen LogP contribution in [0.1, 0.15) is 52.2 Å². The molecule has 1 amide bonds. The zero-order valence-electron chi connectivity index (χ0n) is 13.8. The fourth-order valence-corrected chi connectivity index (χ4v) is 2.45. The van der Waals surface area contributed by atoms with E-state index in [9.17, 15) is 9.59 Å². The van der Waals surface area contributed by atoms with Crippen LogP contribution in [0.4, 0.5) is 5.69 Å². The maximum absolute atomic E-state index is 11.9. The van der Waals surface area contributed by atoms with Gasteiger partial charge in [-0.3, -0.25) is 9.59 Å². The molecule has 21 heavy (non-hydrogen) atoms. The molecule has 0 fully saturated rings. The van der Waals surface area contributed by atoms with Gasteiger partial charge in [-0.25, -0.2) is 0 Å². The SMILES string of the molecule is CC(=O)CC(=O)Nc1cccc(CC(C)C)c1CC(C)C. The molecule has 3 nitrogen and oxygen atoms in total. The van der Waals surface area contributed by atoms with E-state index < -0.39 is 0 Å². The molecular weight excluding hydrogens is 262 g/mol. The monoisotopic (exact) mass is 289 g/mol. The molecule has 0 aliphatic rings. The minimum atomic E-state index is -0.228. The van der Waals surface area contributed by atoms with E-state index in [4.69, 9.17) is 0 Å². The number of rotatable bonds is 7. The van der Waals surface area contributed by atoms with Crippen LogP contribution in [-0.2, 0) is 22.4 Å². The van der Waals surface area contributed by atoms with E-state index in [-0.39, 0.29) is 18.1 Å². The molecule has 0 heterocycles. The van der Waals surface area contributed by atoms with Gasteiger partial charge < -0.3 is 5.32 Å². The summed E-state index contributed by atoms with van der Waals surface area (Å²) < 4.78 is 0. The van der Waals surface area contributed by atoms with Gasteiger partial charge in [-0.2, -0.15) is 0 Å². The fraction of sp³-hybridized carbons (Fsp3) is 0.556. The van der Waals surface area contributed by atoms with Crippen molar-refractivity contribution in [2.24, 2.45) is 11.8 Å². The summed E-state index contributed by atoms with van der Waals surface area (Å²) in [6.45, 7) is 10.2. The maximum Gasteiger partial charge on any atom is 0.231 e. The second kappa shape index (κ2) is 7.96. The average Bonchev–Trinajstić information content (AvgIpc) is 2.30. The summed E-state index contributed by atoms with van der Waals surface area (Å²) in [5.41, 5.74) is 3.35. The van der Waals surface area contributed by atoms with Crippen molar-refractivity contribution in [2.75, 3.05) is 5.32 Å². The first-order valence-electron chi connectivity index (χ1n) is 7.69. The first-order valence-corrected chi connectivity index (χ1v) is 7.69. The van der Waals surface area contributed by atoms with Crippen LogP contribution in [-0.4, -0.2) is 11.7 Å². The van der Waals surface area contributed by atoms with Crippen molar-refractivity contribution in [3.63, 3.8) is 0 Å². The van der Waals surface area contributed by atoms with Crippen molar-refractivity contribution < 1.29 is 9.59 Å². The average molecular weight is 289 g/mol. The third-order valence-corrected chi connectivity index (χ3v) is 3.20. The van der Waals surface area contributed by atoms with Gasteiger partial charge in [0.25, 0.3) is 0 Å². The lowest BCUT2D eigenvalue weighted by atomic mass is 9.91. The minimum Gasteiger partial charge on any atom is -0.325 e. The van der Waals surface area contributed by atoms with E-state index >= 15 is 0 Å². The van der Waals surface area contributed by atoms with Crippen molar-refractivity contribution >= 4 is 17.4 Å². The van der Waals surface area contributed by atoms with Crippen LogP contribution in [0.2, 0.25) is 0 Å². The molecule has 3 heteroatoms. The number of anilines is 1. The Kier molecular flexibility index (Phi) is 6.60. The van der Waals surface area contributed by atoms with Gasteiger partial charge >= 0.3 is 0 Å². The van der Waals surface area contributed by atoms with E-state index in [1.807, 2.05) is 12.1 Å². The Morgan fingerprint density at radius 1 is 1.05 bits per heavy atom. The summed E-state index contributed by atoms with van der Waals surface area (Å²) in [7, 11) is 0. The number of nitrogens with one attached hydrogen (secondary N) is 1. The topological polar surface area (TPSA) is 46.2 Å². The van der Waals surface area contributed by atoms with Gasteiger partial charge in [-0.05, 0) is 48.8 Å². The van der Waals surface area contributed by atoms with E-state index in [2.05, 4.69) is 39.1 Å². The highest BCUT2D eigenvalue weighted by Gasteiger charge is 2.14. The molecule has 0 unspecified atom stereocenters. The first-order chi connectivity index (χ1) is 9.79. The Hall–Kier alpha value is -1.64. The van der Waals surface area contributed by atoms with Crippen molar-refractivity contribution in [3.05, 3.63) is 29.3 Å². The lowest BCUT2D eigenvalue weighted by molar-refractivity contribution is -0.124. The van der Waals surface area contributed by atoms with E-state index in [1.165, 1.54) is 18.1 Å². The zero-order chi connectivity index (χ0) is 16.0. The van der Waals surface area contributed by atoms with Gasteiger partial charge in [0.1, 0.15) is 5.78 Å². The molecule has 0 aliphatic heterocycles. The number of amides is 1. The van der Waals surface area contributed by atoms with Gasteiger partial charge in [0.05, 0.1) is 6.42 Å². The third kappa shape index (κ3) is 6.11. The molecule has 0 saturated heterocycles. The molecule has 0 radical (unpaired) electrons. The Balaban J connectivity index is 3.05. The van der Waals surface area contributed by atoms with Crippen molar-refractivity contribution in [3.8, 4) is 0 Å². The van der Waals surface area contributed by atoms with Crippen LogP contribution >= 0.6 is 0 Å². The number of hydrogen-bond donors (Lipinski definition) is 1. The normalized spacial score (nSPS) is 11.0. The summed E-state index contributed by atoms with van der Waals surface area (Å²) in [5.74, 6) is 0.742. The quantitative estimate of drug-likeness (QED) is 0.771. The first kappa shape index (κ1) is 17.4. The zero-order valence-corrected chi connectivity index (χ0v) is 13.8. The third-order valence-electron chi connectivity index (χ3n) is 3.20. The highest BCUT2D eigenvalue weighted by atomic mass is 16.2. The van der Waals surface area contributed by atoms with Gasteiger partial charge in [-0.15, -0.1) is 0 Å². The largest absolute Gasteiger partial charge is 0.325 e. The molecule has 0 aromatic heterocycles. The van der Waals surface area contributed by atoms with Crippen molar-refractivity contribution in [1.82, 2.24) is 0 Å². The second-order valence-corrected chi connectivity index (χ2v) is 6.57. The van der Waals surface area contributed by atoms with Crippen LogP contribution in [0.15, 0.2) is 18.2 Å². The summed E-state index contributed by atoms with van der Waals surface area (Å²) in [5, 5.41) is 2.90. The Morgan fingerprint density at radius 2 is 1.67 bits per heavy atom. The molecule has 0 bridgehead atoms. The Morgan fingerprint density at radius 3 is 2.19 bits per heavy atom. The number of benzene rings is 1. The van der Waals surface area contributed by atoms with E-state index in [0.29, 0.717) is 11.8 Å². The molecule has 0 aliphatic carbocycles. The summed E-state index contributed by atoms with van der Waals surface area (Å²) in [4.78, 5) is 22.9. The van der Waals surface area contributed by atoms with Crippen LogP contribution in [0.25, 0.3) is 0 Å². The number of hydrogen-bond acceptors (Lipinski definition) is 2. The molecule has 1 aromatic carbocycles. The second-order valence-electron chi connectivity index (χ2n) is 6.57. The minimum absolute atomic E-state index is 0.0600. The van der Waals surface area contributed by atoms with Gasteiger partial charge in [0.15, 0.2) is 0 Å². The predicted molar refractivity (Wildman–Crippen MR) is 87.5 cm³/mol. The van der Waals surface area contributed by atoms with Crippen LogP contribution in [0, 0.1) is 11.8 Å². The van der Waals surface area contributed by atoms with Crippen LogP contribution in [0.5, 0.6) is 0 Å². The van der Waals surface area contributed by atoms with Crippen LogP contribution < -0.4 is 5.32 Å². The molecule has 116 valence electrons. The molecule has 1 N–H and O–H groups in total. The summed E-state index contributed by atoms with van der Waals surface area (Å²) in [6, 6.07) is 6.04. The molecule has 0 spiro atoms. The highest BCUT2D eigenvalue weighted by molar-refractivity contribution is 6.03. The highest BCUT2D eigenvalue weighted by Crippen LogP contribution is 2.25. The number of carbonyl (C=O) groups is 2. The van der Waals surface area contributed by atoms with Gasteiger partial charge in [0.2, 0.25) is 5.91 Å². The molecule has 1 aromatic rings.